The molecule has 0 aliphatic carbocycles. The van der Waals surface area contributed by atoms with Crippen molar-refractivity contribution in [3.05, 3.63) is 23.5 Å². The maximum Gasteiger partial charge on any atom is 0.257 e. The quantitative estimate of drug-likeness (QED) is 0.900. The number of halogens is 1. The van der Waals surface area contributed by atoms with Gasteiger partial charge in [-0.15, -0.1) is 0 Å². The Morgan fingerprint density at radius 1 is 1.38 bits per heavy atom. The molecule has 1 amide bonds. The molecule has 4 nitrogen and oxygen atoms in total. The summed E-state index contributed by atoms with van der Waals surface area (Å²) in [4.78, 5) is 13.5. The third kappa shape index (κ3) is 2.62. The summed E-state index contributed by atoms with van der Waals surface area (Å²) in [6.45, 7) is 3.88. The average molecular weight is 292 g/mol. The molecule has 1 atom stereocenters. The van der Waals surface area contributed by atoms with Crippen LogP contribution in [0.25, 0.3) is 0 Å². The number of aliphatic hydroxyl groups is 1. The molecular weight excluding hydrogens is 271 g/mol. The van der Waals surface area contributed by atoms with Gasteiger partial charge in [0.2, 0.25) is 0 Å². The lowest BCUT2D eigenvalue weighted by Gasteiger charge is -2.34. The number of benzene rings is 1. The van der Waals surface area contributed by atoms with E-state index < -0.39 is 12.0 Å². The molecule has 1 fully saturated rings. The molecule has 114 valence electrons. The van der Waals surface area contributed by atoms with Crippen molar-refractivity contribution in [2.24, 2.45) is 5.92 Å². The summed E-state index contributed by atoms with van der Waals surface area (Å²) in [6, 6.07) is 2.93. The van der Waals surface area contributed by atoms with Crippen LogP contribution in [0.4, 0.5) is 15.8 Å². The standard InChI is InChI=1S/C16H21FN2O2/c1-2-3-10-4-6-19(7-5-10)14-9-13-11(8-12(14)17)15(20)16(21)18-13/h8-10,15,20H,2-7H2,1H3,(H,18,21). The van der Waals surface area contributed by atoms with Crippen molar-refractivity contribution in [1.29, 1.82) is 0 Å². The number of rotatable bonds is 3. The molecular formula is C16H21FN2O2. The van der Waals surface area contributed by atoms with Crippen LogP contribution in [0.5, 0.6) is 0 Å². The van der Waals surface area contributed by atoms with Crippen molar-refractivity contribution in [2.45, 2.75) is 38.7 Å². The topological polar surface area (TPSA) is 52.6 Å². The van der Waals surface area contributed by atoms with Gasteiger partial charge in [0.15, 0.2) is 6.10 Å². The molecule has 0 aromatic heterocycles. The highest BCUT2D eigenvalue weighted by atomic mass is 19.1. The third-order valence-electron chi connectivity index (χ3n) is 4.57. The normalized spacial score (nSPS) is 22.3. The van der Waals surface area contributed by atoms with Crippen LogP contribution < -0.4 is 10.2 Å². The van der Waals surface area contributed by atoms with Gasteiger partial charge in [-0.1, -0.05) is 19.8 Å². The Labute approximate surface area is 124 Å². The van der Waals surface area contributed by atoms with E-state index in [0.29, 0.717) is 16.9 Å². The zero-order valence-electron chi connectivity index (χ0n) is 12.2. The van der Waals surface area contributed by atoms with Crippen LogP contribution in [0.15, 0.2) is 12.1 Å². The van der Waals surface area contributed by atoms with Crippen molar-refractivity contribution in [3.63, 3.8) is 0 Å². The van der Waals surface area contributed by atoms with Gasteiger partial charge in [0.05, 0.1) is 5.69 Å². The van der Waals surface area contributed by atoms with Gasteiger partial charge >= 0.3 is 0 Å². The summed E-state index contributed by atoms with van der Waals surface area (Å²) in [7, 11) is 0. The molecule has 0 spiro atoms. The predicted octanol–water partition coefficient (Wildman–Crippen LogP) is 2.83. The number of hydrogen-bond donors (Lipinski definition) is 2. The van der Waals surface area contributed by atoms with Gasteiger partial charge in [-0.3, -0.25) is 4.79 Å². The molecule has 3 rings (SSSR count). The minimum atomic E-state index is -1.25. The molecule has 0 saturated carbocycles. The van der Waals surface area contributed by atoms with Crippen LogP contribution in [0, 0.1) is 11.7 Å². The van der Waals surface area contributed by atoms with Gasteiger partial charge in [-0.05, 0) is 30.9 Å². The smallest absolute Gasteiger partial charge is 0.257 e. The number of amides is 1. The van der Waals surface area contributed by atoms with Crippen molar-refractivity contribution in [2.75, 3.05) is 23.3 Å². The molecule has 2 heterocycles. The Balaban J connectivity index is 1.78. The van der Waals surface area contributed by atoms with Crippen molar-refractivity contribution in [1.82, 2.24) is 0 Å². The molecule has 1 aromatic carbocycles. The van der Waals surface area contributed by atoms with E-state index in [2.05, 4.69) is 12.2 Å². The number of fused-ring (bicyclic) bond motifs is 1. The second-order valence-corrected chi connectivity index (χ2v) is 6.00. The second-order valence-electron chi connectivity index (χ2n) is 6.00. The minimum absolute atomic E-state index is 0.335. The largest absolute Gasteiger partial charge is 0.378 e. The van der Waals surface area contributed by atoms with Crippen LogP contribution >= 0.6 is 0 Å². The van der Waals surface area contributed by atoms with E-state index >= 15 is 0 Å². The number of nitrogens with zero attached hydrogens (tertiary/aromatic N) is 1. The third-order valence-corrected chi connectivity index (χ3v) is 4.57. The fourth-order valence-electron chi connectivity index (χ4n) is 3.37. The molecule has 21 heavy (non-hydrogen) atoms. The Kier molecular flexibility index (Phi) is 3.85. The lowest BCUT2D eigenvalue weighted by atomic mass is 9.92. The van der Waals surface area contributed by atoms with Crippen LogP contribution in [-0.4, -0.2) is 24.1 Å². The first kappa shape index (κ1) is 14.3. The van der Waals surface area contributed by atoms with E-state index in [1.165, 1.54) is 18.9 Å². The fraction of sp³-hybridized carbons (Fsp3) is 0.562. The number of hydrogen-bond acceptors (Lipinski definition) is 3. The highest BCUT2D eigenvalue weighted by molar-refractivity contribution is 6.02. The Bertz CT molecular complexity index is 553. The molecule has 2 aliphatic heterocycles. The van der Waals surface area contributed by atoms with Crippen LogP contribution in [0.3, 0.4) is 0 Å². The molecule has 2 N–H and O–H groups in total. The maximum absolute atomic E-state index is 14.3. The fourth-order valence-corrected chi connectivity index (χ4v) is 3.37. The lowest BCUT2D eigenvalue weighted by Crippen LogP contribution is -2.34. The van der Waals surface area contributed by atoms with Gasteiger partial charge in [0.25, 0.3) is 5.91 Å². The summed E-state index contributed by atoms with van der Waals surface area (Å²) >= 11 is 0. The van der Waals surface area contributed by atoms with Gasteiger partial charge in [-0.25, -0.2) is 4.39 Å². The SMILES string of the molecule is CCCC1CCN(c2cc3c(cc2F)C(O)C(=O)N3)CC1. The Morgan fingerprint density at radius 3 is 2.76 bits per heavy atom. The van der Waals surface area contributed by atoms with Gasteiger partial charge in [0, 0.05) is 24.3 Å². The van der Waals surface area contributed by atoms with Gasteiger partial charge < -0.3 is 15.3 Å². The van der Waals surface area contributed by atoms with E-state index in [0.717, 1.165) is 31.8 Å². The first-order chi connectivity index (χ1) is 10.1. The summed E-state index contributed by atoms with van der Waals surface area (Å²) in [5, 5.41) is 12.3. The number of nitrogens with one attached hydrogen (secondary N) is 1. The molecule has 2 aliphatic rings. The van der Waals surface area contributed by atoms with Crippen molar-refractivity contribution >= 4 is 17.3 Å². The summed E-state index contributed by atoms with van der Waals surface area (Å²) in [5.41, 5.74) is 1.39. The average Bonchev–Trinajstić information content (AvgIpc) is 2.75. The molecule has 1 saturated heterocycles. The minimum Gasteiger partial charge on any atom is -0.378 e. The number of carbonyl (C=O) groups is 1. The molecule has 0 bridgehead atoms. The van der Waals surface area contributed by atoms with Gasteiger partial charge in [0.1, 0.15) is 5.82 Å². The highest BCUT2D eigenvalue weighted by Crippen LogP contribution is 2.37. The number of aliphatic hydroxyl groups excluding tert-OH is 1. The summed E-state index contributed by atoms with van der Waals surface area (Å²) in [5.74, 6) is -0.105. The van der Waals surface area contributed by atoms with Crippen molar-refractivity contribution < 1.29 is 14.3 Å². The molecule has 1 unspecified atom stereocenters. The Hall–Kier alpha value is -1.62. The molecule has 0 radical (unpaired) electrons. The van der Waals surface area contributed by atoms with E-state index in [1.54, 1.807) is 6.07 Å². The second kappa shape index (κ2) is 5.64. The number of carbonyl (C=O) groups excluding carboxylic acids is 1. The van der Waals surface area contributed by atoms with E-state index in [9.17, 15) is 14.3 Å². The maximum atomic E-state index is 14.3. The predicted molar refractivity (Wildman–Crippen MR) is 79.8 cm³/mol. The first-order valence-electron chi connectivity index (χ1n) is 7.67. The zero-order chi connectivity index (χ0) is 15.0. The zero-order valence-corrected chi connectivity index (χ0v) is 12.2. The molecule has 1 aromatic rings. The van der Waals surface area contributed by atoms with Gasteiger partial charge in [-0.2, -0.15) is 0 Å². The van der Waals surface area contributed by atoms with Crippen LogP contribution in [0.2, 0.25) is 0 Å². The number of piperidine rings is 1. The Morgan fingerprint density at radius 2 is 2.10 bits per heavy atom. The van der Waals surface area contributed by atoms with E-state index in [-0.39, 0.29) is 5.82 Å². The van der Waals surface area contributed by atoms with Crippen molar-refractivity contribution in [3.8, 4) is 0 Å². The number of anilines is 2. The van der Waals surface area contributed by atoms with E-state index in [1.807, 2.05) is 4.90 Å². The summed E-state index contributed by atoms with van der Waals surface area (Å²) in [6.07, 6.45) is 3.35. The lowest BCUT2D eigenvalue weighted by molar-refractivity contribution is -0.123. The van der Waals surface area contributed by atoms with E-state index in [4.69, 9.17) is 0 Å². The summed E-state index contributed by atoms with van der Waals surface area (Å²) < 4.78 is 14.3. The van der Waals surface area contributed by atoms with Crippen LogP contribution in [0.1, 0.15) is 44.3 Å². The monoisotopic (exact) mass is 292 g/mol. The molecule has 5 heteroatoms. The van der Waals surface area contributed by atoms with Crippen LogP contribution in [-0.2, 0) is 4.79 Å². The first-order valence-corrected chi connectivity index (χ1v) is 7.67. The highest BCUT2D eigenvalue weighted by Gasteiger charge is 2.31.